The van der Waals surface area contributed by atoms with Gasteiger partial charge in [0.1, 0.15) is 11.4 Å². The number of carboxylic acid groups (broad SMARTS) is 2. The number of para-hydroxylation sites is 2. The van der Waals surface area contributed by atoms with Gasteiger partial charge < -0.3 is 10.2 Å². The number of benzene rings is 3. The summed E-state index contributed by atoms with van der Waals surface area (Å²) < 4.78 is 1.78. The summed E-state index contributed by atoms with van der Waals surface area (Å²) in [5.74, 6) is -2.13. The predicted octanol–water partition coefficient (Wildman–Crippen LogP) is 4.85. The molecule has 0 aliphatic carbocycles. The third-order valence-electron chi connectivity index (χ3n) is 4.44. The Hall–Kier alpha value is -3.48. The molecule has 0 amide bonds. The minimum Gasteiger partial charge on any atom is -0.478 e. The van der Waals surface area contributed by atoms with E-state index in [9.17, 15) is 9.59 Å². The van der Waals surface area contributed by atoms with Crippen molar-refractivity contribution in [3.8, 4) is 0 Å². The normalized spacial score (nSPS) is 10.7. The summed E-state index contributed by atoms with van der Waals surface area (Å²) in [6, 6.07) is 25.9. The molecule has 6 heteroatoms. The first kappa shape index (κ1) is 26.6. The van der Waals surface area contributed by atoms with Crippen LogP contribution in [0.15, 0.2) is 84.9 Å². The Bertz CT molecular complexity index is 890. The van der Waals surface area contributed by atoms with Crippen molar-refractivity contribution < 1.29 is 19.8 Å². The summed E-state index contributed by atoms with van der Waals surface area (Å²) in [6.45, 7) is 0. The number of hydrogen-bond donors (Lipinski definition) is 2. The van der Waals surface area contributed by atoms with Crippen LogP contribution in [-0.4, -0.2) is 64.4 Å². The fourth-order valence-electron chi connectivity index (χ4n) is 2.51. The second kappa shape index (κ2) is 11.8. The number of nitrogens with zero attached hydrogens (tertiary/aromatic N) is 2. The summed E-state index contributed by atoms with van der Waals surface area (Å²) in [6.07, 6.45) is 0. The molecular weight excluding hydrogens is 404 g/mol. The van der Waals surface area contributed by atoms with Crippen LogP contribution in [0.25, 0.3) is 0 Å². The van der Waals surface area contributed by atoms with Gasteiger partial charge in [-0.05, 0) is 48.5 Å². The van der Waals surface area contributed by atoms with Crippen LogP contribution in [0.4, 0.5) is 11.4 Å². The summed E-state index contributed by atoms with van der Waals surface area (Å²) in [7, 11) is 13.0. The van der Waals surface area contributed by atoms with Gasteiger partial charge in [-0.15, -0.1) is 0 Å². The highest BCUT2D eigenvalue weighted by Crippen LogP contribution is 2.15. The van der Waals surface area contributed by atoms with E-state index in [4.69, 9.17) is 10.2 Å². The number of rotatable bonds is 4. The van der Waals surface area contributed by atoms with Crippen LogP contribution in [0.1, 0.15) is 20.7 Å². The Labute approximate surface area is 190 Å². The first-order valence-corrected chi connectivity index (χ1v) is 10.1. The average molecular weight is 439 g/mol. The molecule has 0 bridgehead atoms. The predicted molar refractivity (Wildman–Crippen MR) is 132 cm³/mol. The van der Waals surface area contributed by atoms with Crippen molar-refractivity contribution in [2.24, 2.45) is 0 Å². The molecule has 0 fully saturated rings. The van der Waals surface area contributed by atoms with Crippen molar-refractivity contribution in [1.82, 2.24) is 8.97 Å². The van der Waals surface area contributed by atoms with Crippen LogP contribution in [-0.2, 0) is 0 Å². The smallest absolute Gasteiger partial charge is 0.335 e. The van der Waals surface area contributed by atoms with Crippen molar-refractivity contribution in [2.75, 3.05) is 42.3 Å². The number of carboxylic acids is 2. The van der Waals surface area contributed by atoms with Gasteiger partial charge in [0, 0.05) is 0 Å². The third-order valence-corrected chi connectivity index (χ3v) is 4.44. The number of carbonyl (C=O) groups is 2. The van der Waals surface area contributed by atoms with E-state index in [1.165, 1.54) is 35.6 Å². The first-order valence-electron chi connectivity index (χ1n) is 10.1. The maximum absolute atomic E-state index is 10.3. The Balaban J connectivity index is 0.000000241. The van der Waals surface area contributed by atoms with E-state index in [2.05, 4.69) is 90.8 Å². The second-order valence-corrected chi connectivity index (χ2v) is 8.88. The molecule has 0 heterocycles. The monoisotopic (exact) mass is 438 g/mol. The maximum Gasteiger partial charge on any atom is 0.335 e. The SMILES string of the molecule is C[N+](C)(C)c1ccccc1.C[N+](C)(C)c1ccccc1.O=C(O)c1ccc(C(=O)O)cc1. The zero-order valence-corrected chi connectivity index (χ0v) is 19.7. The van der Waals surface area contributed by atoms with Gasteiger partial charge in [-0.2, -0.15) is 0 Å². The largest absolute Gasteiger partial charge is 0.478 e. The van der Waals surface area contributed by atoms with Crippen molar-refractivity contribution in [1.29, 1.82) is 0 Å². The van der Waals surface area contributed by atoms with Gasteiger partial charge in [-0.3, -0.25) is 8.97 Å². The van der Waals surface area contributed by atoms with E-state index in [1.54, 1.807) is 0 Å². The lowest BCUT2D eigenvalue weighted by Gasteiger charge is -2.22. The van der Waals surface area contributed by atoms with Gasteiger partial charge in [0.2, 0.25) is 0 Å². The quantitative estimate of drug-likeness (QED) is 0.571. The molecule has 0 saturated carbocycles. The second-order valence-electron chi connectivity index (χ2n) is 8.88. The van der Waals surface area contributed by atoms with E-state index in [0.717, 1.165) is 8.97 Å². The van der Waals surface area contributed by atoms with Gasteiger partial charge in [-0.25, -0.2) is 9.59 Å². The lowest BCUT2D eigenvalue weighted by Crippen LogP contribution is -2.34. The summed E-state index contributed by atoms with van der Waals surface area (Å²) in [5.41, 5.74) is 2.84. The lowest BCUT2D eigenvalue weighted by molar-refractivity contribution is 0.0681. The van der Waals surface area contributed by atoms with Gasteiger partial charge in [0.05, 0.1) is 53.4 Å². The highest BCUT2D eigenvalue weighted by Gasteiger charge is 2.09. The number of quaternary nitrogens is 2. The van der Waals surface area contributed by atoms with Gasteiger partial charge in [0.15, 0.2) is 0 Å². The van der Waals surface area contributed by atoms with Crippen LogP contribution in [0.3, 0.4) is 0 Å². The minimum absolute atomic E-state index is 0.0833. The number of aromatic carboxylic acids is 2. The molecule has 6 nitrogen and oxygen atoms in total. The molecule has 3 aromatic carbocycles. The molecule has 0 radical (unpaired) electrons. The van der Waals surface area contributed by atoms with Crippen LogP contribution in [0, 0.1) is 0 Å². The van der Waals surface area contributed by atoms with Gasteiger partial charge >= 0.3 is 11.9 Å². The molecule has 32 heavy (non-hydrogen) atoms. The van der Waals surface area contributed by atoms with Gasteiger partial charge in [0.25, 0.3) is 0 Å². The zero-order valence-electron chi connectivity index (χ0n) is 19.7. The summed E-state index contributed by atoms with van der Waals surface area (Å²) in [4.78, 5) is 20.7. The zero-order chi connectivity index (χ0) is 24.4. The molecular formula is C26H34N2O4+2. The van der Waals surface area contributed by atoms with Gasteiger partial charge in [-0.1, -0.05) is 36.4 Å². The fraction of sp³-hybridized carbons (Fsp3) is 0.231. The van der Waals surface area contributed by atoms with E-state index < -0.39 is 11.9 Å². The molecule has 0 spiro atoms. The first-order chi connectivity index (χ1) is 14.8. The molecule has 170 valence electrons. The minimum atomic E-state index is -1.06. The summed E-state index contributed by atoms with van der Waals surface area (Å²) >= 11 is 0. The molecule has 3 aromatic rings. The topological polar surface area (TPSA) is 74.6 Å². The maximum atomic E-state index is 10.3. The van der Waals surface area contributed by atoms with Crippen LogP contribution in [0.5, 0.6) is 0 Å². The Morgan fingerprint density at radius 2 is 0.750 bits per heavy atom. The van der Waals surface area contributed by atoms with Crippen LogP contribution >= 0.6 is 0 Å². The van der Waals surface area contributed by atoms with Crippen molar-refractivity contribution in [3.05, 3.63) is 96.1 Å². The van der Waals surface area contributed by atoms with Crippen molar-refractivity contribution >= 4 is 23.3 Å². The van der Waals surface area contributed by atoms with Crippen LogP contribution in [0.2, 0.25) is 0 Å². The highest BCUT2D eigenvalue weighted by atomic mass is 16.4. The standard InChI is InChI=1S/2C9H14N.C8H6O4/c2*1-10(2,3)9-7-5-4-6-8-9;9-7(10)5-1-2-6(4-3-5)8(11)12/h2*4-8H,1-3H3;1-4H,(H,9,10)(H,11,12)/q2*+1;. The van der Waals surface area contributed by atoms with Crippen LogP contribution < -0.4 is 8.97 Å². The molecule has 0 unspecified atom stereocenters. The fourth-order valence-corrected chi connectivity index (χ4v) is 2.51. The molecule has 0 aliphatic rings. The van der Waals surface area contributed by atoms with E-state index in [1.807, 2.05) is 12.1 Å². The average Bonchev–Trinajstić information content (AvgIpc) is 2.75. The van der Waals surface area contributed by atoms with E-state index in [0.29, 0.717) is 0 Å². The molecule has 0 saturated heterocycles. The number of hydrogen-bond acceptors (Lipinski definition) is 2. The van der Waals surface area contributed by atoms with E-state index >= 15 is 0 Å². The Morgan fingerprint density at radius 1 is 0.500 bits per heavy atom. The Kier molecular flexibility index (Phi) is 9.78. The van der Waals surface area contributed by atoms with Crippen molar-refractivity contribution in [2.45, 2.75) is 0 Å². The van der Waals surface area contributed by atoms with E-state index in [-0.39, 0.29) is 11.1 Å². The Morgan fingerprint density at radius 3 is 0.906 bits per heavy atom. The molecule has 0 aliphatic heterocycles. The third kappa shape index (κ3) is 9.55. The summed E-state index contributed by atoms with van der Waals surface area (Å²) in [5, 5.41) is 16.9. The molecule has 0 atom stereocenters. The van der Waals surface area contributed by atoms with Crippen molar-refractivity contribution in [3.63, 3.8) is 0 Å². The molecule has 3 rings (SSSR count). The highest BCUT2D eigenvalue weighted by molar-refractivity contribution is 5.91. The molecule has 0 aromatic heterocycles. The lowest BCUT2D eigenvalue weighted by atomic mass is 10.1. The molecule has 2 N–H and O–H groups in total.